The SMILES string of the molecule is CCOC1CC(NCc2cn(C)nc2CC)C12CCC2. The van der Waals surface area contributed by atoms with Gasteiger partial charge in [-0.05, 0) is 32.6 Å². The van der Waals surface area contributed by atoms with Gasteiger partial charge in [0.15, 0.2) is 0 Å². The van der Waals surface area contributed by atoms with E-state index in [2.05, 4.69) is 30.5 Å². The molecule has 2 aliphatic rings. The second kappa shape index (κ2) is 5.49. The molecular weight excluding hydrogens is 250 g/mol. The van der Waals surface area contributed by atoms with Crippen LogP contribution in [0.15, 0.2) is 6.20 Å². The van der Waals surface area contributed by atoms with Crippen molar-refractivity contribution in [2.24, 2.45) is 12.5 Å². The Morgan fingerprint density at radius 2 is 2.25 bits per heavy atom. The van der Waals surface area contributed by atoms with E-state index >= 15 is 0 Å². The minimum absolute atomic E-state index is 0.449. The lowest BCUT2D eigenvalue weighted by atomic mass is 9.51. The number of nitrogens with one attached hydrogen (secondary N) is 1. The van der Waals surface area contributed by atoms with Crippen LogP contribution in [0.3, 0.4) is 0 Å². The molecule has 1 N–H and O–H groups in total. The van der Waals surface area contributed by atoms with E-state index in [0.717, 1.165) is 19.6 Å². The Morgan fingerprint density at radius 3 is 2.85 bits per heavy atom. The van der Waals surface area contributed by atoms with E-state index in [1.54, 1.807) is 0 Å². The highest BCUT2D eigenvalue weighted by Gasteiger charge is 2.58. The van der Waals surface area contributed by atoms with Gasteiger partial charge in [0.1, 0.15) is 0 Å². The Morgan fingerprint density at radius 1 is 1.45 bits per heavy atom. The quantitative estimate of drug-likeness (QED) is 0.868. The average molecular weight is 277 g/mol. The van der Waals surface area contributed by atoms with Crippen LogP contribution < -0.4 is 5.32 Å². The molecule has 0 bridgehead atoms. The zero-order valence-corrected chi connectivity index (χ0v) is 13.0. The van der Waals surface area contributed by atoms with E-state index in [9.17, 15) is 0 Å². The first-order chi connectivity index (χ1) is 9.69. The van der Waals surface area contributed by atoms with Crippen LogP contribution in [0.1, 0.15) is 50.8 Å². The largest absolute Gasteiger partial charge is 0.378 e. The fourth-order valence-corrected chi connectivity index (χ4v) is 3.99. The van der Waals surface area contributed by atoms with Crippen molar-refractivity contribution in [2.45, 2.75) is 64.6 Å². The van der Waals surface area contributed by atoms with Gasteiger partial charge in [-0.1, -0.05) is 13.3 Å². The Hall–Kier alpha value is -0.870. The van der Waals surface area contributed by atoms with Crippen LogP contribution in [-0.4, -0.2) is 28.5 Å². The highest BCUT2D eigenvalue weighted by molar-refractivity contribution is 5.18. The summed E-state index contributed by atoms with van der Waals surface area (Å²) in [6.07, 6.45) is 8.88. The smallest absolute Gasteiger partial charge is 0.0666 e. The third-order valence-corrected chi connectivity index (χ3v) is 5.30. The first kappa shape index (κ1) is 14.1. The van der Waals surface area contributed by atoms with Gasteiger partial charge in [0.2, 0.25) is 0 Å². The molecule has 1 aromatic rings. The monoisotopic (exact) mass is 277 g/mol. The van der Waals surface area contributed by atoms with Crippen molar-refractivity contribution in [3.05, 3.63) is 17.5 Å². The van der Waals surface area contributed by atoms with E-state index in [4.69, 9.17) is 4.74 Å². The Bertz CT molecular complexity index is 464. The molecule has 0 aliphatic heterocycles. The third kappa shape index (κ3) is 2.19. The minimum Gasteiger partial charge on any atom is -0.378 e. The molecule has 0 radical (unpaired) electrons. The Balaban J connectivity index is 1.59. The maximum Gasteiger partial charge on any atom is 0.0666 e. The van der Waals surface area contributed by atoms with Gasteiger partial charge in [-0.2, -0.15) is 5.10 Å². The van der Waals surface area contributed by atoms with Gasteiger partial charge in [0.05, 0.1) is 11.8 Å². The first-order valence-corrected chi connectivity index (χ1v) is 8.06. The second-order valence-corrected chi connectivity index (χ2v) is 6.33. The lowest BCUT2D eigenvalue weighted by molar-refractivity contribution is -0.173. The normalized spacial score (nSPS) is 27.4. The molecule has 1 spiro atoms. The van der Waals surface area contributed by atoms with Gasteiger partial charge in [-0.15, -0.1) is 0 Å². The summed E-state index contributed by atoms with van der Waals surface area (Å²) in [5, 5.41) is 8.29. The predicted octanol–water partition coefficient (Wildman–Crippen LogP) is 2.42. The maximum absolute atomic E-state index is 5.91. The second-order valence-electron chi connectivity index (χ2n) is 6.33. The van der Waals surface area contributed by atoms with E-state index < -0.39 is 0 Å². The molecule has 2 fully saturated rings. The van der Waals surface area contributed by atoms with Crippen LogP contribution in [0.2, 0.25) is 0 Å². The number of aromatic nitrogens is 2. The molecule has 2 unspecified atom stereocenters. The molecular formula is C16H27N3O. The highest BCUT2D eigenvalue weighted by atomic mass is 16.5. The van der Waals surface area contributed by atoms with Gasteiger partial charge >= 0.3 is 0 Å². The molecule has 20 heavy (non-hydrogen) atoms. The number of hydrogen-bond acceptors (Lipinski definition) is 3. The molecule has 4 heteroatoms. The maximum atomic E-state index is 5.91. The molecule has 112 valence electrons. The topological polar surface area (TPSA) is 39.1 Å². The standard InChI is InChI=1S/C16H27N3O/c1-4-13-12(11-19(3)18-13)10-17-14-9-15(20-5-2)16(14)7-6-8-16/h11,14-15,17H,4-10H2,1-3H3. The fourth-order valence-electron chi connectivity index (χ4n) is 3.99. The van der Waals surface area contributed by atoms with Crippen molar-refractivity contribution < 1.29 is 4.74 Å². The molecule has 2 saturated carbocycles. The number of hydrogen-bond donors (Lipinski definition) is 1. The summed E-state index contributed by atoms with van der Waals surface area (Å²) in [4.78, 5) is 0. The number of nitrogens with zero attached hydrogens (tertiary/aromatic N) is 2. The van der Waals surface area contributed by atoms with Crippen LogP contribution in [0, 0.1) is 5.41 Å². The summed E-state index contributed by atoms with van der Waals surface area (Å²) >= 11 is 0. The lowest BCUT2D eigenvalue weighted by Crippen LogP contribution is -2.66. The van der Waals surface area contributed by atoms with Crippen molar-refractivity contribution in [3.63, 3.8) is 0 Å². The van der Waals surface area contributed by atoms with Gasteiger partial charge in [-0.3, -0.25) is 4.68 Å². The summed E-state index contributed by atoms with van der Waals surface area (Å²) in [5.74, 6) is 0. The van der Waals surface area contributed by atoms with Crippen molar-refractivity contribution in [3.8, 4) is 0 Å². The van der Waals surface area contributed by atoms with Gasteiger partial charge < -0.3 is 10.1 Å². The summed E-state index contributed by atoms with van der Waals surface area (Å²) in [7, 11) is 2.00. The third-order valence-electron chi connectivity index (χ3n) is 5.30. The molecule has 1 heterocycles. The zero-order valence-electron chi connectivity index (χ0n) is 13.0. The summed E-state index contributed by atoms with van der Waals surface area (Å²) in [6.45, 7) is 6.08. The molecule has 1 aromatic heterocycles. The number of rotatable bonds is 6. The van der Waals surface area contributed by atoms with Crippen LogP contribution >= 0.6 is 0 Å². The van der Waals surface area contributed by atoms with E-state index in [0.29, 0.717) is 17.6 Å². The molecule has 3 rings (SSSR count). The minimum atomic E-state index is 0.449. The average Bonchev–Trinajstić information content (AvgIpc) is 2.71. The van der Waals surface area contributed by atoms with E-state index in [1.165, 1.54) is 36.9 Å². The molecule has 4 nitrogen and oxygen atoms in total. The predicted molar refractivity (Wildman–Crippen MR) is 79.5 cm³/mol. The summed E-state index contributed by atoms with van der Waals surface area (Å²) < 4.78 is 7.84. The van der Waals surface area contributed by atoms with E-state index in [1.807, 2.05) is 11.7 Å². The van der Waals surface area contributed by atoms with Crippen LogP contribution in [0.25, 0.3) is 0 Å². The van der Waals surface area contributed by atoms with Crippen molar-refractivity contribution in [1.82, 2.24) is 15.1 Å². The molecule has 0 amide bonds. The Kier molecular flexibility index (Phi) is 3.87. The van der Waals surface area contributed by atoms with Gasteiger partial charge in [0.25, 0.3) is 0 Å². The van der Waals surface area contributed by atoms with Crippen LogP contribution in [-0.2, 0) is 24.8 Å². The lowest BCUT2D eigenvalue weighted by Gasteiger charge is -2.61. The molecule has 0 aromatic carbocycles. The zero-order chi connectivity index (χ0) is 14.2. The van der Waals surface area contributed by atoms with Crippen molar-refractivity contribution in [2.75, 3.05) is 6.61 Å². The first-order valence-electron chi connectivity index (χ1n) is 8.06. The molecule has 0 saturated heterocycles. The van der Waals surface area contributed by atoms with E-state index in [-0.39, 0.29) is 0 Å². The fraction of sp³-hybridized carbons (Fsp3) is 0.812. The summed E-state index contributed by atoms with van der Waals surface area (Å²) in [5.41, 5.74) is 3.03. The Labute approximate surface area is 121 Å². The number of aryl methyl sites for hydroxylation is 2. The molecule has 2 aliphatic carbocycles. The van der Waals surface area contributed by atoms with Gasteiger partial charge in [-0.25, -0.2) is 0 Å². The highest BCUT2D eigenvalue weighted by Crippen LogP contribution is 2.57. The molecule has 2 atom stereocenters. The van der Waals surface area contributed by atoms with Crippen LogP contribution in [0.5, 0.6) is 0 Å². The number of ether oxygens (including phenoxy) is 1. The van der Waals surface area contributed by atoms with Gasteiger partial charge in [0, 0.05) is 43.4 Å². The van der Waals surface area contributed by atoms with Crippen LogP contribution in [0.4, 0.5) is 0 Å². The summed E-state index contributed by atoms with van der Waals surface area (Å²) in [6, 6.07) is 0.637. The van der Waals surface area contributed by atoms with Crippen molar-refractivity contribution in [1.29, 1.82) is 0 Å². The van der Waals surface area contributed by atoms with Crippen molar-refractivity contribution >= 4 is 0 Å².